The van der Waals surface area contributed by atoms with E-state index in [1.54, 1.807) is 0 Å². The molecule has 1 aliphatic heterocycles. The highest BCUT2D eigenvalue weighted by atomic mass is 32.2. The number of hydrogen-bond acceptors (Lipinski definition) is 5. The smallest absolute Gasteiger partial charge is 0.408 e. The molecule has 1 amide bonds. The average molecular weight is 320 g/mol. The van der Waals surface area contributed by atoms with Gasteiger partial charge in [0.25, 0.3) is 0 Å². The molecule has 1 aliphatic rings. The Balaban J connectivity index is 2.08. The van der Waals surface area contributed by atoms with E-state index in [1.807, 2.05) is 51.1 Å². The van der Waals surface area contributed by atoms with Crippen molar-refractivity contribution in [3.63, 3.8) is 0 Å². The molecule has 0 saturated carbocycles. The van der Waals surface area contributed by atoms with Gasteiger partial charge in [-0.3, -0.25) is 9.79 Å². The number of amides is 1. The summed E-state index contributed by atoms with van der Waals surface area (Å²) in [6.07, 6.45) is 0.0650. The van der Waals surface area contributed by atoms with Crippen molar-refractivity contribution in [1.29, 1.82) is 0 Å². The molecular weight excluding hydrogens is 300 g/mol. The second-order valence-electron chi connectivity index (χ2n) is 6.02. The molecule has 0 aliphatic carbocycles. The topological polar surface area (TPSA) is 67.8 Å². The van der Waals surface area contributed by atoms with E-state index in [4.69, 9.17) is 4.74 Å². The third-order valence-electron chi connectivity index (χ3n) is 2.85. The van der Waals surface area contributed by atoms with Gasteiger partial charge in [0.05, 0.1) is 11.1 Å². The number of thioether (sulfide) groups is 1. The highest BCUT2D eigenvalue weighted by molar-refractivity contribution is 8.27. The van der Waals surface area contributed by atoms with E-state index < -0.39 is 11.7 Å². The number of aliphatic imine (C=N–C) groups is 1. The minimum Gasteiger partial charge on any atom is -0.444 e. The maximum absolute atomic E-state index is 12.0. The molecule has 5 nitrogen and oxygen atoms in total. The Morgan fingerprint density at radius 1 is 1.36 bits per heavy atom. The van der Waals surface area contributed by atoms with E-state index in [1.165, 1.54) is 0 Å². The molecule has 0 unspecified atom stereocenters. The zero-order chi connectivity index (χ0) is 16.2. The largest absolute Gasteiger partial charge is 0.444 e. The summed E-state index contributed by atoms with van der Waals surface area (Å²) >= 11 is 1.09. The first-order chi connectivity index (χ1) is 10.3. The van der Waals surface area contributed by atoms with Gasteiger partial charge in [-0.2, -0.15) is 0 Å². The summed E-state index contributed by atoms with van der Waals surface area (Å²) in [5, 5.41) is 3.46. The molecule has 22 heavy (non-hydrogen) atoms. The van der Waals surface area contributed by atoms with Crippen LogP contribution in [0.2, 0.25) is 0 Å². The maximum Gasteiger partial charge on any atom is 0.408 e. The molecule has 1 aromatic rings. The number of nitrogens with zero attached hydrogens (tertiary/aromatic N) is 1. The first-order valence-electron chi connectivity index (χ1n) is 7.12. The molecule has 1 aromatic carbocycles. The summed E-state index contributed by atoms with van der Waals surface area (Å²) in [7, 11) is 0. The van der Waals surface area contributed by atoms with Crippen molar-refractivity contribution < 1.29 is 14.3 Å². The third-order valence-corrected chi connectivity index (χ3v) is 3.83. The highest BCUT2D eigenvalue weighted by Crippen LogP contribution is 2.20. The van der Waals surface area contributed by atoms with Crippen LogP contribution in [0, 0.1) is 0 Å². The molecule has 1 heterocycles. The van der Waals surface area contributed by atoms with Gasteiger partial charge < -0.3 is 10.1 Å². The molecule has 1 N–H and O–H groups in total. The van der Waals surface area contributed by atoms with Crippen LogP contribution in [0.3, 0.4) is 0 Å². The minimum atomic E-state index is -0.568. The SMILES string of the molecule is CC(C)(C)OC(=O)N[C@@H](Cc1ccccc1)C1=NCC(=O)S1. The number of carbonyl (C=O) groups is 2. The van der Waals surface area contributed by atoms with Crippen LogP contribution >= 0.6 is 11.8 Å². The van der Waals surface area contributed by atoms with Gasteiger partial charge in [-0.25, -0.2) is 4.79 Å². The fourth-order valence-electron chi connectivity index (χ4n) is 2.00. The van der Waals surface area contributed by atoms with Crippen LogP contribution < -0.4 is 5.32 Å². The predicted molar refractivity (Wildman–Crippen MR) is 88.2 cm³/mol. The number of ether oxygens (including phenoxy) is 1. The first kappa shape index (κ1) is 16.5. The molecule has 2 rings (SSSR count). The summed E-state index contributed by atoms with van der Waals surface area (Å²) in [6.45, 7) is 5.60. The zero-order valence-corrected chi connectivity index (χ0v) is 13.8. The fraction of sp³-hybridized carbons (Fsp3) is 0.438. The molecule has 0 radical (unpaired) electrons. The van der Waals surface area contributed by atoms with E-state index in [-0.39, 0.29) is 17.7 Å². The van der Waals surface area contributed by atoms with Crippen LogP contribution in [0.5, 0.6) is 0 Å². The molecule has 0 fully saturated rings. The van der Waals surface area contributed by atoms with Gasteiger partial charge in [-0.1, -0.05) is 30.3 Å². The molecule has 118 valence electrons. The molecule has 1 atom stereocenters. The van der Waals surface area contributed by atoms with E-state index in [0.29, 0.717) is 11.5 Å². The lowest BCUT2D eigenvalue weighted by molar-refractivity contribution is -0.109. The van der Waals surface area contributed by atoms with Gasteiger partial charge in [-0.15, -0.1) is 0 Å². The molecule has 0 spiro atoms. The molecule has 0 saturated heterocycles. The van der Waals surface area contributed by atoms with Crippen molar-refractivity contribution in [3.8, 4) is 0 Å². The van der Waals surface area contributed by atoms with Crippen LogP contribution in [-0.4, -0.2) is 34.4 Å². The van der Waals surface area contributed by atoms with Gasteiger partial charge in [0.15, 0.2) is 0 Å². The lowest BCUT2D eigenvalue weighted by atomic mass is 10.1. The minimum absolute atomic E-state index is 0.000879. The van der Waals surface area contributed by atoms with E-state index in [9.17, 15) is 9.59 Å². The Kier molecular flexibility index (Phi) is 5.24. The zero-order valence-electron chi connectivity index (χ0n) is 13.0. The number of rotatable bonds is 4. The number of nitrogens with one attached hydrogen (secondary N) is 1. The monoisotopic (exact) mass is 320 g/mol. The van der Waals surface area contributed by atoms with Crippen LogP contribution in [0.4, 0.5) is 4.79 Å². The summed E-state index contributed by atoms with van der Waals surface area (Å²) in [5.41, 5.74) is 0.494. The maximum atomic E-state index is 12.0. The second-order valence-corrected chi connectivity index (χ2v) is 7.09. The number of alkyl carbamates (subject to hydrolysis) is 1. The van der Waals surface area contributed by atoms with Gasteiger partial charge in [0, 0.05) is 0 Å². The van der Waals surface area contributed by atoms with Crippen molar-refractivity contribution >= 4 is 28.0 Å². The van der Waals surface area contributed by atoms with Crippen LogP contribution in [0.25, 0.3) is 0 Å². The lowest BCUT2D eigenvalue weighted by Crippen LogP contribution is -2.43. The Hall–Kier alpha value is -1.82. The fourth-order valence-corrected chi connectivity index (χ4v) is 2.78. The molecular formula is C16H20N2O3S. The van der Waals surface area contributed by atoms with Crippen molar-refractivity contribution in [1.82, 2.24) is 5.32 Å². The van der Waals surface area contributed by atoms with Crippen molar-refractivity contribution in [2.24, 2.45) is 4.99 Å². The lowest BCUT2D eigenvalue weighted by Gasteiger charge is -2.23. The van der Waals surface area contributed by atoms with Gasteiger partial charge in [0.2, 0.25) is 5.12 Å². The Morgan fingerprint density at radius 3 is 2.59 bits per heavy atom. The number of hydrogen-bond donors (Lipinski definition) is 1. The molecule has 6 heteroatoms. The standard InChI is InChI=1S/C16H20N2O3S/c1-16(2,3)21-15(20)18-12(14-17-10-13(19)22-14)9-11-7-5-4-6-8-11/h4-8,12H,9-10H2,1-3H3,(H,18,20)/t12-/m0/s1. The summed E-state index contributed by atoms with van der Waals surface area (Å²) < 4.78 is 5.29. The summed E-state index contributed by atoms with van der Waals surface area (Å²) in [4.78, 5) is 27.7. The first-order valence-corrected chi connectivity index (χ1v) is 7.93. The highest BCUT2D eigenvalue weighted by Gasteiger charge is 2.27. The Bertz CT molecular complexity index is 579. The quantitative estimate of drug-likeness (QED) is 0.926. The molecule has 0 bridgehead atoms. The third kappa shape index (κ3) is 5.18. The van der Waals surface area contributed by atoms with Crippen LogP contribution in [0.1, 0.15) is 26.3 Å². The van der Waals surface area contributed by atoms with Crippen molar-refractivity contribution in [2.75, 3.05) is 6.54 Å². The van der Waals surface area contributed by atoms with E-state index in [2.05, 4.69) is 10.3 Å². The average Bonchev–Trinajstić information content (AvgIpc) is 2.84. The van der Waals surface area contributed by atoms with Gasteiger partial charge in [-0.05, 0) is 44.5 Å². The van der Waals surface area contributed by atoms with Gasteiger partial charge >= 0.3 is 6.09 Å². The Morgan fingerprint density at radius 2 is 2.05 bits per heavy atom. The number of benzene rings is 1. The Labute approximate surface area is 134 Å². The normalized spacial score (nSPS) is 16.1. The number of carbonyl (C=O) groups excluding carboxylic acids is 2. The van der Waals surface area contributed by atoms with E-state index >= 15 is 0 Å². The van der Waals surface area contributed by atoms with Crippen molar-refractivity contribution in [3.05, 3.63) is 35.9 Å². The predicted octanol–water partition coefficient (Wildman–Crippen LogP) is 2.79. The summed E-state index contributed by atoms with van der Waals surface area (Å²) in [6, 6.07) is 9.42. The summed E-state index contributed by atoms with van der Waals surface area (Å²) in [5.74, 6) is 0. The van der Waals surface area contributed by atoms with Crippen LogP contribution in [-0.2, 0) is 16.0 Å². The van der Waals surface area contributed by atoms with Crippen molar-refractivity contribution in [2.45, 2.75) is 38.8 Å². The van der Waals surface area contributed by atoms with Gasteiger partial charge in [0.1, 0.15) is 12.1 Å². The molecule has 0 aromatic heterocycles. The van der Waals surface area contributed by atoms with E-state index in [0.717, 1.165) is 17.3 Å². The second kappa shape index (κ2) is 6.96. The van der Waals surface area contributed by atoms with Crippen LogP contribution in [0.15, 0.2) is 35.3 Å².